The van der Waals surface area contributed by atoms with Gasteiger partial charge in [0.1, 0.15) is 5.82 Å². The molecule has 0 aliphatic carbocycles. The van der Waals surface area contributed by atoms with Crippen molar-refractivity contribution in [1.29, 1.82) is 0 Å². The van der Waals surface area contributed by atoms with Crippen LogP contribution in [-0.4, -0.2) is 29.1 Å². The van der Waals surface area contributed by atoms with Gasteiger partial charge in [-0.15, -0.1) is 0 Å². The number of aryl methyl sites for hydroxylation is 1. The van der Waals surface area contributed by atoms with Crippen molar-refractivity contribution in [2.24, 2.45) is 0 Å². The zero-order chi connectivity index (χ0) is 12.9. The first-order valence-electron chi connectivity index (χ1n) is 6.70. The van der Waals surface area contributed by atoms with Crippen LogP contribution in [-0.2, 0) is 5.60 Å². The Morgan fingerprint density at radius 2 is 1.89 bits per heavy atom. The van der Waals surface area contributed by atoms with Crippen LogP contribution in [0.1, 0.15) is 36.8 Å². The first kappa shape index (κ1) is 12.1. The number of fused-ring (bicyclic) bond motifs is 2. The maximum absolute atomic E-state index is 13.2. The van der Waals surface area contributed by atoms with E-state index in [2.05, 4.69) is 11.9 Å². The molecule has 2 heterocycles. The minimum absolute atomic E-state index is 0.226. The highest BCUT2D eigenvalue weighted by Crippen LogP contribution is 2.45. The van der Waals surface area contributed by atoms with E-state index >= 15 is 0 Å². The minimum atomic E-state index is -0.768. The molecule has 2 aliphatic rings. The zero-order valence-corrected chi connectivity index (χ0v) is 11.0. The maximum Gasteiger partial charge on any atom is 0.123 e. The highest BCUT2D eigenvalue weighted by molar-refractivity contribution is 5.33. The summed E-state index contributed by atoms with van der Waals surface area (Å²) in [4.78, 5) is 2.40. The summed E-state index contributed by atoms with van der Waals surface area (Å²) in [5.74, 6) is -0.226. The van der Waals surface area contributed by atoms with Crippen LogP contribution in [0.2, 0.25) is 0 Å². The molecule has 3 heteroatoms. The maximum atomic E-state index is 13.2. The van der Waals surface area contributed by atoms with Crippen molar-refractivity contribution in [3.8, 4) is 0 Å². The first-order valence-corrected chi connectivity index (χ1v) is 6.70. The number of piperidine rings is 1. The fourth-order valence-corrected chi connectivity index (χ4v) is 3.81. The molecule has 2 saturated heterocycles. The highest BCUT2D eigenvalue weighted by atomic mass is 19.1. The second-order valence-electron chi connectivity index (χ2n) is 5.95. The molecule has 3 rings (SSSR count). The molecule has 2 bridgehead atoms. The predicted molar refractivity (Wildman–Crippen MR) is 68.8 cm³/mol. The van der Waals surface area contributed by atoms with Gasteiger partial charge < -0.3 is 10.0 Å². The summed E-state index contributed by atoms with van der Waals surface area (Å²) in [5, 5.41) is 11.0. The number of hydrogen-bond donors (Lipinski definition) is 1. The lowest BCUT2D eigenvalue weighted by atomic mass is 9.79. The van der Waals surface area contributed by atoms with Crippen molar-refractivity contribution in [2.45, 2.75) is 50.3 Å². The molecule has 2 nitrogen and oxygen atoms in total. The molecule has 1 aromatic carbocycles. The van der Waals surface area contributed by atoms with Crippen LogP contribution >= 0.6 is 0 Å². The van der Waals surface area contributed by atoms with E-state index in [-0.39, 0.29) is 5.82 Å². The second kappa shape index (κ2) is 4.04. The molecule has 1 N–H and O–H groups in total. The SMILES string of the molecule is Cc1cc(F)ccc1C1(O)CC2CCC(C1)N2C. The molecule has 2 fully saturated rings. The van der Waals surface area contributed by atoms with Gasteiger partial charge in [-0.05, 0) is 62.9 Å². The number of halogens is 1. The summed E-state index contributed by atoms with van der Waals surface area (Å²) >= 11 is 0. The lowest BCUT2D eigenvalue weighted by Gasteiger charge is -2.43. The summed E-state index contributed by atoms with van der Waals surface area (Å²) in [6, 6.07) is 5.68. The predicted octanol–water partition coefficient (Wildman–Crippen LogP) is 2.58. The monoisotopic (exact) mass is 249 g/mol. The first-order chi connectivity index (χ1) is 8.49. The van der Waals surface area contributed by atoms with Gasteiger partial charge >= 0.3 is 0 Å². The van der Waals surface area contributed by atoms with Gasteiger partial charge in [0.25, 0.3) is 0 Å². The van der Waals surface area contributed by atoms with Gasteiger partial charge in [0.15, 0.2) is 0 Å². The van der Waals surface area contributed by atoms with E-state index in [4.69, 9.17) is 0 Å². The van der Waals surface area contributed by atoms with E-state index in [0.29, 0.717) is 12.1 Å². The summed E-state index contributed by atoms with van der Waals surface area (Å²) in [7, 11) is 2.15. The fourth-order valence-electron chi connectivity index (χ4n) is 3.81. The van der Waals surface area contributed by atoms with Crippen molar-refractivity contribution < 1.29 is 9.50 Å². The fraction of sp³-hybridized carbons (Fsp3) is 0.600. The number of hydrogen-bond acceptors (Lipinski definition) is 2. The largest absolute Gasteiger partial charge is 0.385 e. The number of nitrogens with zero attached hydrogens (tertiary/aromatic N) is 1. The molecule has 1 aromatic rings. The van der Waals surface area contributed by atoms with E-state index in [1.807, 2.05) is 6.92 Å². The topological polar surface area (TPSA) is 23.5 Å². The van der Waals surface area contributed by atoms with E-state index in [1.165, 1.54) is 25.0 Å². The molecule has 18 heavy (non-hydrogen) atoms. The van der Waals surface area contributed by atoms with Gasteiger partial charge in [0.05, 0.1) is 5.60 Å². The quantitative estimate of drug-likeness (QED) is 0.827. The van der Waals surface area contributed by atoms with Crippen LogP contribution in [0.3, 0.4) is 0 Å². The Kier molecular flexibility index (Phi) is 2.72. The van der Waals surface area contributed by atoms with Crippen molar-refractivity contribution in [1.82, 2.24) is 4.90 Å². The molecule has 0 radical (unpaired) electrons. The molecular formula is C15H20FNO. The molecular weight excluding hydrogens is 229 g/mol. The lowest BCUT2D eigenvalue weighted by Crippen LogP contribution is -2.47. The Hall–Kier alpha value is -0.930. The van der Waals surface area contributed by atoms with Crippen molar-refractivity contribution in [3.63, 3.8) is 0 Å². The molecule has 0 amide bonds. The highest BCUT2D eigenvalue weighted by Gasteiger charge is 2.47. The normalized spacial score (nSPS) is 36.0. The number of rotatable bonds is 1. The Balaban J connectivity index is 1.96. The average Bonchev–Trinajstić information content (AvgIpc) is 2.53. The van der Waals surface area contributed by atoms with Crippen LogP contribution in [0.5, 0.6) is 0 Å². The third kappa shape index (κ3) is 1.77. The van der Waals surface area contributed by atoms with E-state index in [0.717, 1.165) is 24.0 Å². The molecule has 0 saturated carbocycles. The average molecular weight is 249 g/mol. The summed E-state index contributed by atoms with van der Waals surface area (Å²) in [6.45, 7) is 1.89. The number of benzene rings is 1. The van der Waals surface area contributed by atoms with Gasteiger partial charge in [-0.1, -0.05) is 6.07 Å². The lowest BCUT2D eigenvalue weighted by molar-refractivity contribution is -0.0497. The van der Waals surface area contributed by atoms with Gasteiger partial charge in [-0.3, -0.25) is 0 Å². The molecule has 98 valence electrons. The van der Waals surface area contributed by atoms with Crippen LogP contribution in [0.15, 0.2) is 18.2 Å². The van der Waals surface area contributed by atoms with Crippen LogP contribution < -0.4 is 0 Å². The Morgan fingerprint density at radius 1 is 1.28 bits per heavy atom. The molecule has 2 aliphatic heterocycles. The molecule has 0 aromatic heterocycles. The standard InChI is InChI=1S/C15H20FNO/c1-10-7-11(16)3-6-14(10)15(18)8-12-4-5-13(9-15)17(12)2/h3,6-7,12-13,18H,4-5,8-9H2,1-2H3. The molecule has 2 atom stereocenters. The summed E-state index contributed by atoms with van der Waals surface area (Å²) in [6.07, 6.45) is 3.88. The van der Waals surface area contributed by atoms with E-state index < -0.39 is 5.60 Å². The van der Waals surface area contributed by atoms with Crippen LogP contribution in [0, 0.1) is 12.7 Å². The summed E-state index contributed by atoms with van der Waals surface area (Å²) < 4.78 is 13.2. The third-order valence-electron chi connectivity index (χ3n) is 4.82. The Bertz CT molecular complexity index is 460. The Morgan fingerprint density at radius 3 is 2.44 bits per heavy atom. The number of aliphatic hydroxyl groups is 1. The summed E-state index contributed by atoms with van der Waals surface area (Å²) in [5.41, 5.74) is 1.01. The van der Waals surface area contributed by atoms with Crippen molar-refractivity contribution in [3.05, 3.63) is 35.1 Å². The zero-order valence-electron chi connectivity index (χ0n) is 11.0. The molecule has 0 spiro atoms. The van der Waals surface area contributed by atoms with E-state index in [9.17, 15) is 9.50 Å². The van der Waals surface area contributed by atoms with Gasteiger partial charge in [0, 0.05) is 12.1 Å². The second-order valence-corrected chi connectivity index (χ2v) is 5.95. The van der Waals surface area contributed by atoms with Crippen LogP contribution in [0.25, 0.3) is 0 Å². The Labute approximate surface area is 107 Å². The smallest absolute Gasteiger partial charge is 0.123 e. The van der Waals surface area contributed by atoms with Crippen LogP contribution in [0.4, 0.5) is 4.39 Å². The van der Waals surface area contributed by atoms with Gasteiger partial charge in [0.2, 0.25) is 0 Å². The van der Waals surface area contributed by atoms with Crippen molar-refractivity contribution >= 4 is 0 Å². The van der Waals surface area contributed by atoms with Gasteiger partial charge in [-0.25, -0.2) is 4.39 Å². The molecule has 2 unspecified atom stereocenters. The van der Waals surface area contributed by atoms with Gasteiger partial charge in [-0.2, -0.15) is 0 Å². The third-order valence-corrected chi connectivity index (χ3v) is 4.82. The van der Waals surface area contributed by atoms with Crippen molar-refractivity contribution in [2.75, 3.05) is 7.05 Å². The minimum Gasteiger partial charge on any atom is -0.385 e. The van der Waals surface area contributed by atoms with E-state index in [1.54, 1.807) is 6.07 Å².